The van der Waals surface area contributed by atoms with E-state index in [1.807, 2.05) is 0 Å². The summed E-state index contributed by atoms with van der Waals surface area (Å²) in [5.74, 6) is -0.291. The molecule has 126 valence electrons. The van der Waals surface area contributed by atoms with Crippen molar-refractivity contribution in [1.29, 1.82) is 0 Å². The summed E-state index contributed by atoms with van der Waals surface area (Å²) in [6.45, 7) is 2.66. The maximum absolute atomic E-state index is 12.4. The van der Waals surface area contributed by atoms with E-state index in [2.05, 4.69) is 15.5 Å². The van der Waals surface area contributed by atoms with Crippen LogP contribution in [0.3, 0.4) is 0 Å². The van der Waals surface area contributed by atoms with Crippen molar-refractivity contribution < 1.29 is 9.59 Å². The summed E-state index contributed by atoms with van der Waals surface area (Å²) in [5.41, 5.74) is -0.341. The maximum atomic E-state index is 12.4. The number of fused-ring (bicyclic) bond motifs is 1. The fourth-order valence-electron chi connectivity index (χ4n) is 2.96. The molecule has 0 unspecified atom stereocenters. The van der Waals surface area contributed by atoms with Gasteiger partial charge in [-0.15, -0.1) is 0 Å². The minimum atomic E-state index is -0.421. The van der Waals surface area contributed by atoms with Crippen molar-refractivity contribution in [3.05, 3.63) is 38.9 Å². The van der Waals surface area contributed by atoms with E-state index in [4.69, 9.17) is 0 Å². The van der Waals surface area contributed by atoms with Crippen molar-refractivity contribution in [2.45, 2.75) is 19.8 Å². The third-order valence-corrected chi connectivity index (χ3v) is 4.38. The van der Waals surface area contributed by atoms with E-state index in [-0.39, 0.29) is 34.1 Å². The number of nitrogens with one attached hydrogen (secondary N) is 3. The molecule has 2 heterocycles. The van der Waals surface area contributed by atoms with Crippen LogP contribution in [0.25, 0.3) is 10.8 Å². The number of amides is 2. The summed E-state index contributed by atoms with van der Waals surface area (Å²) in [5, 5.41) is 7.80. The second-order valence-electron chi connectivity index (χ2n) is 5.94. The minimum absolute atomic E-state index is 0.0211. The highest BCUT2D eigenvalue weighted by Crippen LogP contribution is 2.20. The van der Waals surface area contributed by atoms with Crippen molar-refractivity contribution >= 4 is 28.3 Å². The lowest BCUT2D eigenvalue weighted by Gasteiger charge is -2.30. The lowest BCUT2D eigenvalue weighted by Crippen LogP contribution is -2.40. The first-order chi connectivity index (χ1) is 11.5. The van der Waals surface area contributed by atoms with Crippen molar-refractivity contribution in [3.8, 4) is 0 Å². The van der Waals surface area contributed by atoms with Crippen molar-refractivity contribution in [2.24, 2.45) is 5.92 Å². The zero-order valence-electron chi connectivity index (χ0n) is 13.2. The number of carbonyl (C=O) groups is 2. The molecule has 1 saturated heterocycles. The topological polar surface area (TPSA) is 115 Å². The summed E-state index contributed by atoms with van der Waals surface area (Å²) < 4.78 is 0. The van der Waals surface area contributed by atoms with E-state index in [9.17, 15) is 19.2 Å². The van der Waals surface area contributed by atoms with Gasteiger partial charge < -0.3 is 10.2 Å². The Kier molecular flexibility index (Phi) is 4.20. The molecule has 0 bridgehead atoms. The Balaban J connectivity index is 1.74. The van der Waals surface area contributed by atoms with Crippen LogP contribution in [-0.4, -0.2) is 40.0 Å². The Bertz CT molecular complexity index is 906. The van der Waals surface area contributed by atoms with Gasteiger partial charge in [0.1, 0.15) is 0 Å². The number of likely N-dealkylation sites (tertiary alicyclic amines) is 1. The van der Waals surface area contributed by atoms with E-state index in [0.29, 0.717) is 31.6 Å². The summed E-state index contributed by atoms with van der Waals surface area (Å²) in [6, 6.07) is 4.60. The van der Waals surface area contributed by atoms with E-state index < -0.39 is 5.56 Å². The van der Waals surface area contributed by atoms with Crippen LogP contribution < -0.4 is 16.4 Å². The largest absolute Gasteiger partial charge is 0.343 e. The second-order valence-corrected chi connectivity index (χ2v) is 5.94. The number of carbonyl (C=O) groups excluding carboxylic acids is 2. The molecule has 0 spiro atoms. The number of aromatic amines is 2. The quantitative estimate of drug-likeness (QED) is 0.740. The average Bonchev–Trinajstić information content (AvgIpc) is 2.58. The smallest absolute Gasteiger partial charge is 0.270 e. The van der Waals surface area contributed by atoms with Crippen molar-refractivity contribution in [1.82, 2.24) is 15.1 Å². The molecule has 3 N–H and O–H groups in total. The van der Waals surface area contributed by atoms with E-state index in [1.54, 1.807) is 11.0 Å². The average molecular weight is 330 g/mol. The van der Waals surface area contributed by atoms with Gasteiger partial charge in [-0.2, -0.15) is 0 Å². The summed E-state index contributed by atoms with van der Waals surface area (Å²) in [4.78, 5) is 48.9. The van der Waals surface area contributed by atoms with Crippen LogP contribution in [-0.2, 0) is 9.59 Å². The molecule has 0 atom stereocenters. The lowest BCUT2D eigenvalue weighted by atomic mass is 9.95. The molecule has 0 radical (unpaired) electrons. The molecule has 8 nitrogen and oxygen atoms in total. The highest BCUT2D eigenvalue weighted by molar-refractivity contribution is 5.95. The Morgan fingerprint density at radius 2 is 1.71 bits per heavy atom. The molecule has 1 fully saturated rings. The predicted octanol–water partition coefficient (Wildman–Crippen LogP) is 0.413. The molecule has 0 saturated carbocycles. The van der Waals surface area contributed by atoms with Gasteiger partial charge in [-0.3, -0.25) is 29.4 Å². The van der Waals surface area contributed by atoms with Gasteiger partial charge >= 0.3 is 0 Å². The first-order valence-electron chi connectivity index (χ1n) is 7.77. The molecule has 3 rings (SSSR count). The first-order valence-corrected chi connectivity index (χ1v) is 7.77. The van der Waals surface area contributed by atoms with Gasteiger partial charge in [0.15, 0.2) is 0 Å². The zero-order valence-corrected chi connectivity index (χ0v) is 13.2. The van der Waals surface area contributed by atoms with Gasteiger partial charge in [0, 0.05) is 31.6 Å². The molecule has 0 aliphatic carbocycles. The van der Waals surface area contributed by atoms with Crippen LogP contribution in [0.15, 0.2) is 27.8 Å². The molecule has 1 aromatic carbocycles. The molecule has 1 aliphatic heterocycles. The molecule has 2 aromatic rings. The van der Waals surface area contributed by atoms with Gasteiger partial charge in [-0.25, -0.2) is 0 Å². The molecular formula is C16H18N4O4. The number of nitrogens with zero attached hydrogens (tertiary/aromatic N) is 1. The number of anilines is 1. The standard InChI is InChI=1S/C16H18N4O4/c1-9(21)20-6-4-10(5-7-20)14(22)17-11-2-3-12-13(8-11)16(24)19-18-15(12)23/h2-3,8,10H,4-7H2,1H3,(H,17,22)(H,18,23)(H,19,24). The fraction of sp³-hybridized carbons (Fsp3) is 0.375. The monoisotopic (exact) mass is 330 g/mol. The van der Waals surface area contributed by atoms with Gasteiger partial charge in [0.2, 0.25) is 11.8 Å². The van der Waals surface area contributed by atoms with E-state index >= 15 is 0 Å². The van der Waals surface area contributed by atoms with E-state index in [0.717, 1.165) is 0 Å². The number of hydrogen-bond donors (Lipinski definition) is 3. The van der Waals surface area contributed by atoms with Crippen LogP contribution >= 0.6 is 0 Å². The van der Waals surface area contributed by atoms with Gasteiger partial charge in [-0.05, 0) is 31.0 Å². The summed E-state index contributed by atoms with van der Waals surface area (Å²) in [7, 11) is 0. The normalized spacial score (nSPS) is 15.5. The first kappa shape index (κ1) is 16.0. The Morgan fingerprint density at radius 1 is 1.08 bits per heavy atom. The van der Waals surface area contributed by atoms with Crippen LogP contribution in [0.4, 0.5) is 5.69 Å². The minimum Gasteiger partial charge on any atom is -0.343 e. The number of aromatic nitrogens is 2. The predicted molar refractivity (Wildman–Crippen MR) is 88.8 cm³/mol. The van der Waals surface area contributed by atoms with E-state index in [1.165, 1.54) is 19.1 Å². The van der Waals surface area contributed by atoms with Gasteiger partial charge in [-0.1, -0.05) is 0 Å². The highest BCUT2D eigenvalue weighted by atomic mass is 16.2. The van der Waals surface area contributed by atoms with Crippen LogP contribution in [0.2, 0.25) is 0 Å². The molecule has 8 heteroatoms. The molecule has 1 aliphatic rings. The maximum Gasteiger partial charge on any atom is 0.270 e. The molecule has 1 aromatic heterocycles. The molecular weight excluding hydrogens is 312 g/mol. The van der Waals surface area contributed by atoms with Crippen LogP contribution in [0.5, 0.6) is 0 Å². The van der Waals surface area contributed by atoms with Gasteiger partial charge in [0.25, 0.3) is 11.1 Å². The Hall–Kier alpha value is -2.90. The SMILES string of the molecule is CC(=O)N1CCC(C(=O)Nc2ccc3c(=O)[nH][nH]c(=O)c3c2)CC1. The highest BCUT2D eigenvalue weighted by Gasteiger charge is 2.26. The molecule has 24 heavy (non-hydrogen) atoms. The Morgan fingerprint density at radius 3 is 2.33 bits per heavy atom. The number of rotatable bonds is 2. The van der Waals surface area contributed by atoms with Crippen LogP contribution in [0, 0.1) is 5.92 Å². The zero-order chi connectivity index (χ0) is 17.3. The van der Waals surface area contributed by atoms with Gasteiger partial charge in [0.05, 0.1) is 10.8 Å². The van der Waals surface area contributed by atoms with Crippen LogP contribution in [0.1, 0.15) is 19.8 Å². The lowest BCUT2D eigenvalue weighted by molar-refractivity contribution is -0.132. The second kappa shape index (κ2) is 6.31. The molecule has 2 amide bonds. The summed E-state index contributed by atoms with van der Waals surface area (Å²) in [6.07, 6.45) is 1.22. The number of H-pyrrole nitrogens is 2. The summed E-state index contributed by atoms with van der Waals surface area (Å²) >= 11 is 0. The van der Waals surface area contributed by atoms with Crippen molar-refractivity contribution in [2.75, 3.05) is 18.4 Å². The van der Waals surface area contributed by atoms with Crippen molar-refractivity contribution in [3.63, 3.8) is 0 Å². The fourth-order valence-corrected chi connectivity index (χ4v) is 2.96. The third kappa shape index (κ3) is 3.08. The number of hydrogen-bond acceptors (Lipinski definition) is 4. The third-order valence-electron chi connectivity index (χ3n) is 4.38. The Labute approximate surface area is 136 Å². The number of benzene rings is 1. The number of piperidine rings is 1.